The second kappa shape index (κ2) is 6.77. The highest BCUT2D eigenvalue weighted by Crippen LogP contribution is 2.43. The molecule has 0 bridgehead atoms. The summed E-state index contributed by atoms with van der Waals surface area (Å²) in [6.07, 6.45) is 3.30. The van der Waals surface area contributed by atoms with Gasteiger partial charge in [0.25, 0.3) is 0 Å². The number of fused-ring (bicyclic) bond motifs is 1. The molecule has 0 saturated carbocycles. The Labute approximate surface area is 150 Å². The summed E-state index contributed by atoms with van der Waals surface area (Å²) < 4.78 is 6.12. The smallest absolute Gasteiger partial charge is 0.404 e. The van der Waals surface area contributed by atoms with Crippen molar-refractivity contribution in [3.05, 3.63) is 23.8 Å². The van der Waals surface area contributed by atoms with Gasteiger partial charge in [-0.3, -0.25) is 0 Å². The number of amides is 1. The van der Waals surface area contributed by atoms with Crippen molar-refractivity contribution in [3.63, 3.8) is 0 Å². The zero-order chi connectivity index (χ0) is 18.2. The van der Waals surface area contributed by atoms with E-state index in [4.69, 9.17) is 4.74 Å². The van der Waals surface area contributed by atoms with Gasteiger partial charge in [0.1, 0.15) is 11.9 Å². The van der Waals surface area contributed by atoms with E-state index in [1.807, 2.05) is 0 Å². The molecule has 1 aromatic rings. The number of carboxylic acid groups (broad SMARTS) is 1. The number of rotatable bonds is 4. The fourth-order valence-electron chi connectivity index (χ4n) is 4.51. The van der Waals surface area contributed by atoms with Crippen LogP contribution in [0.2, 0.25) is 0 Å². The van der Waals surface area contributed by atoms with Gasteiger partial charge in [-0.2, -0.15) is 0 Å². The first-order chi connectivity index (χ1) is 11.8. The molecule has 1 amide bonds. The van der Waals surface area contributed by atoms with Gasteiger partial charge in [0, 0.05) is 24.2 Å². The lowest BCUT2D eigenvalue weighted by Crippen LogP contribution is -2.51. The van der Waals surface area contributed by atoms with Crippen molar-refractivity contribution >= 4 is 11.8 Å². The molecule has 25 heavy (non-hydrogen) atoms. The summed E-state index contributed by atoms with van der Waals surface area (Å²) in [7, 11) is 0. The SMILES string of the molecule is CCCC1Cc2c(cccc2N2CC[C@H](NC(=O)O)C2C(C)(C)C)O1. The van der Waals surface area contributed by atoms with Crippen molar-refractivity contribution in [3.8, 4) is 5.75 Å². The van der Waals surface area contributed by atoms with Gasteiger partial charge >= 0.3 is 6.09 Å². The molecule has 1 fully saturated rings. The Morgan fingerprint density at radius 2 is 2.16 bits per heavy atom. The minimum Gasteiger partial charge on any atom is -0.490 e. The predicted molar refractivity (Wildman–Crippen MR) is 99.6 cm³/mol. The van der Waals surface area contributed by atoms with E-state index in [9.17, 15) is 9.90 Å². The monoisotopic (exact) mass is 346 g/mol. The molecule has 2 heterocycles. The summed E-state index contributed by atoms with van der Waals surface area (Å²) in [6, 6.07) is 6.35. The molecule has 0 aromatic heterocycles. The van der Waals surface area contributed by atoms with E-state index in [0.29, 0.717) is 0 Å². The summed E-state index contributed by atoms with van der Waals surface area (Å²) in [5.74, 6) is 0.998. The summed E-state index contributed by atoms with van der Waals surface area (Å²) in [5.41, 5.74) is 2.46. The molecule has 2 N–H and O–H groups in total. The summed E-state index contributed by atoms with van der Waals surface area (Å²) >= 11 is 0. The fraction of sp³-hybridized carbons (Fsp3) is 0.650. The minimum absolute atomic E-state index is 0.0331. The topological polar surface area (TPSA) is 61.8 Å². The Morgan fingerprint density at radius 1 is 1.40 bits per heavy atom. The van der Waals surface area contributed by atoms with Gasteiger partial charge in [-0.05, 0) is 30.4 Å². The van der Waals surface area contributed by atoms with Crippen molar-refractivity contribution in [2.24, 2.45) is 5.41 Å². The first kappa shape index (κ1) is 17.9. The molecule has 138 valence electrons. The van der Waals surface area contributed by atoms with Crippen LogP contribution in [-0.2, 0) is 6.42 Å². The number of benzene rings is 1. The standard InChI is InChI=1S/C20H30N2O3/c1-5-7-13-12-14-16(8-6-9-17(14)25-13)22-11-10-15(21-19(23)24)18(22)20(2,3)4/h6,8-9,13,15,18,21H,5,7,10-12H2,1-4H3,(H,23,24)/t13?,15-,18?/m0/s1. The molecule has 3 rings (SSSR count). The Kier molecular flexibility index (Phi) is 4.85. The third-order valence-electron chi connectivity index (χ3n) is 5.35. The predicted octanol–water partition coefficient (Wildman–Crippen LogP) is 4.05. The van der Waals surface area contributed by atoms with Gasteiger partial charge in [-0.25, -0.2) is 4.79 Å². The van der Waals surface area contributed by atoms with Crippen LogP contribution in [-0.4, -0.2) is 35.9 Å². The lowest BCUT2D eigenvalue weighted by Gasteiger charge is -2.40. The molecule has 5 heteroatoms. The largest absolute Gasteiger partial charge is 0.490 e. The Hall–Kier alpha value is -1.91. The highest BCUT2D eigenvalue weighted by Gasteiger charge is 2.43. The zero-order valence-electron chi connectivity index (χ0n) is 15.7. The summed E-state index contributed by atoms with van der Waals surface area (Å²) in [5, 5.41) is 12.0. The molecule has 2 aliphatic heterocycles. The normalized spacial score (nSPS) is 25.6. The number of nitrogens with one attached hydrogen (secondary N) is 1. The molecule has 2 aliphatic rings. The Bertz CT molecular complexity index is 638. The molecule has 3 atom stereocenters. The number of ether oxygens (including phenoxy) is 1. The lowest BCUT2D eigenvalue weighted by atomic mass is 9.82. The molecular formula is C20H30N2O3. The van der Waals surface area contributed by atoms with E-state index in [1.54, 1.807) is 0 Å². The van der Waals surface area contributed by atoms with Gasteiger partial charge < -0.3 is 20.1 Å². The zero-order valence-corrected chi connectivity index (χ0v) is 15.7. The highest BCUT2D eigenvalue weighted by atomic mass is 16.5. The maximum Gasteiger partial charge on any atom is 0.404 e. The van der Waals surface area contributed by atoms with Crippen LogP contribution >= 0.6 is 0 Å². The van der Waals surface area contributed by atoms with Crippen LogP contribution in [0.25, 0.3) is 0 Å². The molecule has 5 nitrogen and oxygen atoms in total. The van der Waals surface area contributed by atoms with Gasteiger partial charge in [0.05, 0.1) is 12.1 Å². The molecule has 0 spiro atoms. The number of nitrogens with zero attached hydrogens (tertiary/aromatic N) is 1. The minimum atomic E-state index is -0.939. The van der Waals surface area contributed by atoms with Crippen LogP contribution in [0, 0.1) is 5.41 Å². The fourth-order valence-corrected chi connectivity index (χ4v) is 4.51. The average molecular weight is 346 g/mol. The summed E-state index contributed by atoms with van der Waals surface area (Å²) in [6.45, 7) is 9.61. The van der Waals surface area contributed by atoms with Gasteiger partial charge in [0.2, 0.25) is 0 Å². The number of hydrogen-bond donors (Lipinski definition) is 2. The van der Waals surface area contributed by atoms with Crippen molar-refractivity contribution in [2.45, 2.75) is 71.6 Å². The van der Waals surface area contributed by atoms with E-state index in [-0.39, 0.29) is 23.6 Å². The number of hydrogen-bond acceptors (Lipinski definition) is 3. The van der Waals surface area contributed by atoms with Gasteiger partial charge in [-0.1, -0.05) is 40.2 Å². The van der Waals surface area contributed by atoms with E-state index >= 15 is 0 Å². The van der Waals surface area contributed by atoms with Crippen molar-refractivity contribution < 1.29 is 14.6 Å². The Balaban J connectivity index is 1.92. The highest BCUT2D eigenvalue weighted by molar-refractivity contribution is 5.67. The van der Waals surface area contributed by atoms with Crippen molar-refractivity contribution in [1.29, 1.82) is 0 Å². The summed E-state index contributed by atoms with van der Waals surface area (Å²) in [4.78, 5) is 13.6. The van der Waals surface area contributed by atoms with E-state index in [0.717, 1.165) is 38.0 Å². The van der Waals surface area contributed by atoms with Crippen molar-refractivity contribution in [2.75, 3.05) is 11.4 Å². The van der Waals surface area contributed by atoms with E-state index in [2.05, 4.69) is 56.1 Å². The number of carbonyl (C=O) groups is 1. The quantitative estimate of drug-likeness (QED) is 0.863. The van der Waals surface area contributed by atoms with E-state index in [1.165, 1.54) is 11.3 Å². The molecule has 0 aliphatic carbocycles. The van der Waals surface area contributed by atoms with Crippen LogP contribution in [0.3, 0.4) is 0 Å². The van der Waals surface area contributed by atoms with Crippen LogP contribution in [0.1, 0.15) is 52.5 Å². The Morgan fingerprint density at radius 3 is 2.80 bits per heavy atom. The first-order valence-electron chi connectivity index (χ1n) is 9.36. The third kappa shape index (κ3) is 3.55. The van der Waals surface area contributed by atoms with Crippen LogP contribution < -0.4 is 15.0 Å². The van der Waals surface area contributed by atoms with Crippen molar-refractivity contribution in [1.82, 2.24) is 5.32 Å². The molecular weight excluding hydrogens is 316 g/mol. The van der Waals surface area contributed by atoms with Crippen LogP contribution in [0.4, 0.5) is 10.5 Å². The average Bonchev–Trinajstić information content (AvgIpc) is 3.09. The second-order valence-corrected chi connectivity index (χ2v) is 8.34. The van der Waals surface area contributed by atoms with E-state index < -0.39 is 6.09 Å². The third-order valence-corrected chi connectivity index (χ3v) is 5.35. The molecule has 1 saturated heterocycles. The second-order valence-electron chi connectivity index (χ2n) is 8.34. The first-order valence-corrected chi connectivity index (χ1v) is 9.36. The maximum absolute atomic E-state index is 11.2. The van der Waals surface area contributed by atoms with Crippen LogP contribution in [0.15, 0.2) is 18.2 Å². The van der Waals surface area contributed by atoms with Gasteiger partial charge in [-0.15, -0.1) is 0 Å². The molecule has 0 radical (unpaired) electrons. The molecule has 2 unspecified atom stereocenters. The van der Waals surface area contributed by atoms with Gasteiger partial charge in [0.15, 0.2) is 0 Å². The maximum atomic E-state index is 11.2. The number of anilines is 1. The van der Waals surface area contributed by atoms with Crippen LogP contribution in [0.5, 0.6) is 5.75 Å². The molecule has 1 aromatic carbocycles. The lowest BCUT2D eigenvalue weighted by molar-refractivity contribution is 0.182.